The fraction of sp³-hybridized carbons (Fsp3) is 0.455. The molecule has 1 amide bonds. The first-order chi connectivity index (χ1) is 8.75. The van der Waals surface area contributed by atoms with Gasteiger partial charge >= 0.3 is 0 Å². The quantitative estimate of drug-likeness (QED) is 0.857. The van der Waals surface area contributed by atoms with Crippen LogP contribution in [-0.2, 0) is 0 Å². The number of hydrogen-bond acceptors (Lipinski definition) is 5. The van der Waals surface area contributed by atoms with Gasteiger partial charge in [0, 0.05) is 13.5 Å². The number of carbonyl (C=O) groups is 1. The standard InChI is InChI=1S/C11H13N5O2/c1-7-14-10(15-18-7)9-3-2-4-16(9)11(17)8-5-12-6-13-8/h5-6,9H,2-4H2,1H3,(H,12,13)/t9-/m1/s1. The number of carbonyl (C=O) groups excluding carboxylic acids is 1. The summed E-state index contributed by atoms with van der Waals surface area (Å²) in [4.78, 5) is 24.9. The van der Waals surface area contributed by atoms with Gasteiger partial charge in [-0.05, 0) is 12.8 Å². The predicted molar refractivity (Wildman–Crippen MR) is 60.6 cm³/mol. The Morgan fingerprint density at radius 2 is 2.50 bits per heavy atom. The first-order valence-electron chi connectivity index (χ1n) is 5.85. The lowest BCUT2D eigenvalue weighted by atomic mass is 10.2. The van der Waals surface area contributed by atoms with Crippen LogP contribution in [0.15, 0.2) is 17.0 Å². The highest BCUT2D eigenvalue weighted by atomic mass is 16.5. The molecule has 2 aromatic rings. The minimum atomic E-state index is -0.0988. The van der Waals surface area contributed by atoms with Gasteiger partial charge in [-0.3, -0.25) is 4.79 Å². The maximum Gasteiger partial charge on any atom is 0.272 e. The SMILES string of the molecule is Cc1nc([C@H]2CCCN2C(=O)c2cnc[nH]2)no1. The molecule has 7 nitrogen and oxygen atoms in total. The summed E-state index contributed by atoms with van der Waals surface area (Å²) in [5.41, 5.74) is 0.488. The molecule has 1 saturated heterocycles. The number of hydrogen-bond donors (Lipinski definition) is 1. The fourth-order valence-corrected chi connectivity index (χ4v) is 2.26. The third-order valence-corrected chi connectivity index (χ3v) is 3.08. The van der Waals surface area contributed by atoms with Crippen molar-refractivity contribution in [1.29, 1.82) is 0 Å². The van der Waals surface area contributed by atoms with Crippen molar-refractivity contribution in [1.82, 2.24) is 25.0 Å². The van der Waals surface area contributed by atoms with Crippen LogP contribution in [0.4, 0.5) is 0 Å². The normalized spacial score (nSPS) is 19.4. The maximum absolute atomic E-state index is 12.3. The van der Waals surface area contributed by atoms with Crippen LogP contribution in [0, 0.1) is 6.92 Å². The Morgan fingerprint density at radius 3 is 3.17 bits per heavy atom. The van der Waals surface area contributed by atoms with E-state index in [1.54, 1.807) is 11.8 Å². The number of imidazole rings is 1. The maximum atomic E-state index is 12.3. The molecule has 2 aromatic heterocycles. The highest BCUT2D eigenvalue weighted by Crippen LogP contribution is 2.31. The van der Waals surface area contributed by atoms with Crippen LogP contribution in [0.3, 0.4) is 0 Å². The topological polar surface area (TPSA) is 87.9 Å². The fourth-order valence-electron chi connectivity index (χ4n) is 2.26. The largest absolute Gasteiger partial charge is 0.341 e. The Hall–Kier alpha value is -2.18. The Bertz CT molecular complexity index is 548. The van der Waals surface area contributed by atoms with E-state index in [0.29, 0.717) is 24.0 Å². The molecule has 0 spiro atoms. The highest BCUT2D eigenvalue weighted by Gasteiger charge is 2.34. The van der Waals surface area contributed by atoms with Gasteiger partial charge in [-0.25, -0.2) is 4.98 Å². The summed E-state index contributed by atoms with van der Waals surface area (Å²) in [6, 6.07) is -0.0988. The van der Waals surface area contributed by atoms with Crippen molar-refractivity contribution in [2.24, 2.45) is 0 Å². The lowest BCUT2D eigenvalue weighted by molar-refractivity contribution is 0.0723. The van der Waals surface area contributed by atoms with E-state index in [-0.39, 0.29) is 11.9 Å². The van der Waals surface area contributed by atoms with Gasteiger partial charge in [0.1, 0.15) is 5.69 Å². The van der Waals surface area contributed by atoms with Crippen LogP contribution in [0.1, 0.15) is 41.1 Å². The minimum Gasteiger partial charge on any atom is -0.341 e. The molecular formula is C11H13N5O2. The van der Waals surface area contributed by atoms with Gasteiger partial charge in [0.2, 0.25) is 5.89 Å². The van der Waals surface area contributed by atoms with E-state index >= 15 is 0 Å². The van der Waals surface area contributed by atoms with Crippen molar-refractivity contribution in [2.45, 2.75) is 25.8 Å². The number of likely N-dealkylation sites (tertiary alicyclic amines) is 1. The Kier molecular flexibility index (Phi) is 2.58. The molecule has 1 fully saturated rings. The zero-order valence-electron chi connectivity index (χ0n) is 9.96. The van der Waals surface area contributed by atoms with Crippen LogP contribution >= 0.6 is 0 Å². The molecule has 1 N–H and O–H groups in total. The van der Waals surface area contributed by atoms with E-state index < -0.39 is 0 Å². The lowest BCUT2D eigenvalue weighted by Gasteiger charge is -2.21. The van der Waals surface area contributed by atoms with Crippen LogP contribution in [0.5, 0.6) is 0 Å². The van der Waals surface area contributed by atoms with Gasteiger partial charge in [-0.1, -0.05) is 5.16 Å². The molecule has 94 valence electrons. The number of aromatic amines is 1. The van der Waals surface area contributed by atoms with Crippen LogP contribution in [0.2, 0.25) is 0 Å². The zero-order chi connectivity index (χ0) is 12.5. The van der Waals surface area contributed by atoms with Crippen molar-refractivity contribution in [3.05, 3.63) is 29.9 Å². The number of H-pyrrole nitrogens is 1. The average Bonchev–Trinajstić information content (AvgIpc) is 3.09. The third kappa shape index (κ3) is 1.77. The molecule has 0 unspecified atom stereocenters. The number of aryl methyl sites for hydroxylation is 1. The predicted octanol–water partition coefficient (Wildman–Crippen LogP) is 1.08. The van der Waals surface area contributed by atoms with Gasteiger partial charge in [-0.15, -0.1) is 0 Å². The highest BCUT2D eigenvalue weighted by molar-refractivity contribution is 5.92. The summed E-state index contributed by atoms with van der Waals surface area (Å²) in [5, 5.41) is 3.91. The molecule has 18 heavy (non-hydrogen) atoms. The number of rotatable bonds is 2. The first-order valence-corrected chi connectivity index (χ1v) is 5.85. The van der Waals surface area contributed by atoms with E-state index in [2.05, 4.69) is 20.1 Å². The molecule has 0 aliphatic carbocycles. The summed E-state index contributed by atoms with van der Waals surface area (Å²) in [6.45, 7) is 2.45. The molecule has 1 atom stereocenters. The second-order valence-corrected chi connectivity index (χ2v) is 4.29. The lowest BCUT2D eigenvalue weighted by Crippen LogP contribution is -2.31. The van der Waals surface area contributed by atoms with Gasteiger partial charge in [0.15, 0.2) is 5.82 Å². The monoisotopic (exact) mass is 247 g/mol. The summed E-state index contributed by atoms with van der Waals surface area (Å²) in [5.74, 6) is 1.03. The molecule has 1 aliphatic heterocycles. The van der Waals surface area contributed by atoms with Crippen LogP contribution < -0.4 is 0 Å². The van der Waals surface area contributed by atoms with Crippen LogP contribution in [0.25, 0.3) is 0 Å². The summed E-state index contributed by atoms with van der Waals surface area (Å²) in [7, 11) is 0. The van der Waals surface area contributed by atoms with Crippen molar-refractivity contribution >= 4 is 5.91 Å². The number of nitrogens with one attached hydrogen (secondary N) is 1. The Balaban J connectivity index is 1.85. The molecule has 3 heterocycles. The molecule has 1 aliphatic rings. The number of nitrogens with zero attached hydrogens (tertiary/aromatic N) is 4. The average molecular weight is 247 g/mol. The van der Waals surface area contributed by atoms with E-state index in [4.69, 9.17) is 4.52 Å². The molecule has 3 rings (SSSR count). The van der Waals surface area contributed by atoms with Crippen molar-refractivity contribution < 1.29 is 9.32 Å². The molecule has 0 bridgehead atoms. The number of aromatic nitrogens is 4. The molecular weight excluding hydrogens is 234 g/mol. The van der Waals surface area contributed by atoms with E-state index in [1.807, 2.05) is 0 Å². The first kappa shape index (κ1) is 10.9. The second-order valence-electron chi connectivity index (χ2n) is 4.29. The van der Waals surface area contributed by atoms with Gasteiger partial charge in [0.05, 0.1) is 18.6 Å². The summed E-state index contributed by atoms with van der Waals surface area (Å²) in [6.07, 6.45) is 4.83. The molecule has 0 radical (unpaired) electrons. The van der Waals surface area contributed by atoms with Gasteiger partial charge in [-0.2, -0.15) is 4.98 Å². The summed E-state index contributed by atoms with van der Waals surface area (Å²) >= 11 is 0. The van der Waals surface area contributed by atoms with E-state index in [0.717, 1.165) is 12.8 Å². The van der Waals surface area contributed by atoms with E-state index in [1.165, 1.54) is 12.5 Å². The van der Waals surface area contributed by atoms with Gasteiger partial charge < -0.3 is 14.4 Å². The Morgan fingerprint density at radius 1 is 1.61 bits per heavy atom. The van der Waals surface area contributed by atoms with E-state index in [9.17, 15) is 4.79 Å². The summed E-state index contributed by atoms with van der Waals surface area (Å²) < 4.78 is 4.98. The van der Waals surface area contributed by atoms with Crippen molar-refractivity contribution in [3.8, 4) is 0 Å². The Labute approximate surface area is 103 Å². The third-order valence-electron chi connectivity index (χ3n) is 3.08. The number of amides is 1. The van der Waals surface area contributed by atoms with Gasteiger partial charge in [0.25, 0.3) is 5.91 Å². The van der Waals surface area contributed by atoms with Crippen LogP contribution in [-0.4, -0.2) is 37.5 Å². The minimum absolute atomic E-state index is 0.0718. The van der Waals surface area contributed by atoms with Crippen molar-refractivity contribution in [3.63, 3.8) is 0 Å². The molecule has 7 heteroatoms. The zero-order valence-corrected chi connectivity index (χ0v) is 9.96. The molecule has 0 aromatic carbocycles. The second kappa shape index (κ2) is 4.25. The van der Waals surface area contributed by atoms with Crippen molar-refractivity contribution in [2.75, 3.05) is 6.54 Å². The smallest absolute Gasteiger partial charge is 0.272 e. The molecule has 0 saturated carbocycles.